The first-order valence-electron chi connectivity index (χ1n) is 8.23. The average molecular weight is 361 g/mol. The Morgan fingerprint density at radius 1 is 1.15 bits per heavy atom. The molecular formula is C19H23NO6. The Bertz CT molecular complexity index is 731. The molecule has 140 valence electrons. The standard InChI is InChI=1S/C19H23NO6/c1-12(19(25)14-3-5-15(21)6-4-14)20-9-8-13-2-7-17(16(22)10-13)26-11-18(23)24/h2-7,10,12,19-22,25H,8-9,11H2,1H3,(H,23,24). The van der Waals surface area contributed by atoms with E-state index in [-0.39, 0.29) is 23.3 Å². The molecule has 0 aliphatic rings. The van der Waals surface area contributed by atoms with Crippen molar-refractivity contribution in [1.29, 1.82) is 0 Å². The van der Waals surface area contributed by atoms with Crippen molar-refractivity contribution in [3.63, 3.8) is 0 Å². The molecule has 0 bridgehead atoms. The van der Waals surface area contributed by atoms with E-state index in [0.717, 1.165) is 5.56 Å². The lowest BCUT2D eigenvalue weighted by molar-refractivity contribution is -0.139. The van der Waals surface area contributed by atoms with Crippen molar-refractivity contribution in [3.05, 3.63) is 53.6 Å². The molecule has 2 rings (SSSR count). The number of aliphatic hydroxyl groups excluding tert-OH is 1. The average Bonchev–Trinajstić information content (AvgIpc) is 2.60. The zero-order chi connectivity index (χ0) is 19.1. The monoisotopic (exact) mass is 361 g/mol. The van der Waals surface area contributed by atoms with Gasteiger partial charge in [0, 0.05) is 6.04 Å². The lowest BCUT2D eigenvalue weighted by Crippen LogP contribution is -2.33. The van der Waals surface area contributed by atoms with Crippen LogP contribution in [0, 0.1) is 0 Å². The van der Waals surface area contributed by atoms with Gasteiger partial charge in [-0.2, -0.15) is 0 Å². The van der Waals surface area contributed by atoms with Crippen LogP contribution < -0.4 is 10.1 Å². The van der Waals surface area contributed by atoms with E-state index >= 15 is 0 Å². The smallest absolute Gasteiger partial charge is 0.341 e. The van der Waals surface area contributed by atoms with E-state index < -0.39 is 18.7 Å². The van der Waals surface area contributed by atoms with Crippen LogP contribution in [0.2, 0.25) is 0 Å². The van der Waals surface area contributed by atoms with E-state index in [0.29, 0.717) is 18.5 Å². The number of rotatable bonds is 9. The molecule has 0 spiro atoms. The molecule has 0 saturated carbocycles. The molecule has 26 heavy (non-hydrogen) atoms. The summed E-state index contributed by atoms with van der Waals surface area (Å²) < 4.78 is 4.97. The molecule has 2 aromatic rings. The highest BCUT2D eigenvalue weighted by Crippen LogP contribution is 2.27. The number of aliphatic carboxylic acids is 1. The summed E-state index contributed by atoms with van der Waals surface area (Å²) in [6.07, 6.45) is -0.102. The molecule has 0 aromatic heterocycles. The maximum Gasteiger partial charge on any atom is 0.341 e. The minimum atomic E-state index is -1.11. The first kappa shape index (κ1) is 19.6. The van der Waals surface area contributed by atoms with Crippen LogP contribution in [0.1, 0.15) is 24.2 Å². The first-order chi connectivity index (χ1) is 12.4. The van der Waals surface area contributed by atoms with Crippen molar-refractivity contribution >= 4 is 5.97 Å². The van der Waals surface area contributed by atoms with Gasteiger partial charge in [-0.15, -0.1) is 0 Å². The van der Waals surface area contributed by atoms with Gasteiger partial charge in [-0.3, -0.25) is 0 Å². The highest BCUT2D eigenvalue weighted by Gasteiger charge is 2.15. The summed E-state index contributed by atoms with van der Waals surface area (Å²) in [5.41, 5.74) is 1.56. The van der Waals surface area contributed by atoms with E-state index in [4.69, 9.17) is 9.84 Å². The van der Waals surface area contributed by atoms with E-state index in [1.807, 2.05) is 6.92 Å². The predicted molar refractivity (Wildman–Crippen MR) is 95.5 cm³/mol. The Balaban J connectivity index is 1.83. The zero-order valence-electron chi connectivity index (χ0n) is 14.4. The van der Waals surface area contributed by atoms with Gasteiger partial charge in [0.2, 0.25) is 0 Å². The molecule has 0 amide bonds. The second kappa shape index (κ2) is 9.07. The molecule has 0 aliphatic carbocycles. The molecule has 2 aromatic carbocycles. The first-order valence-corrected chi connectivity index (χ1v) is 8.23. The van der Waals surface area contributed by atoms with Crippen molar-refractivity contribution in [2.45, 2.75) is 25.5 Å². The van der Waals surface area contributed by atoms with Crippen molar-refractivity contribution in [3.8, 4) is 17.2 Å². The number of aromatic hydroxyl groups is 2. The summed E-state index contributed by atoms with van der Waals surface area (Å²) in [5, 5.41) is 41.3. The Kier molecular flexibility index (Phi) is 6.82. The van der Waals surface area contributed by atoms with Crippen molar-refractivity contribution in [2.75, 3.05) is 13.2 Å². The fraction of sp³-hybridized carbons (Fsp3) is 0.316. The van der Waals surface area contributed by atoms with Gasteiger partial charge in [-0.1, -0.05) is 18.2 Å². The van der Waals surface area contributed by atoms with Gasteiger partial charge in [0.15, 0.2) is 18.1 Å². The largest absolute Gasteiger partial charge is 0.508 e. The van der Waals surface area contributed by atoms with E-state index in [2.05, 4.69) is 5.32 Å². The minimum Gasteiger partial charge on any atom is -0.508 e. The van der Waals surface area contributed by atoms with Gasteiger partial charge in [0.05, 0.1) is 6.10 Å². The molecule has 0 aliphatic heterocycles. The number of ether oxygens (including phenoxy) is 1. The predicted octanol–water partition coefficient (Wildman–Crippen LogP) is 1.82. The van der Waals surface area contributed by atoms with Gasteiger partial charge in [0.1, 0.15) is 5.75 Å². The van der Waals surface area contributed by atoms with E-state index in [1.54, 1.807) is 18.2 Å². The molecule has 0 heterocycles. The normalized spacial score (nSPS) is 13.2. The molecule has 2 atom stereocenters. The number of hydrogen-bond acceptors (Lipinski definition) is 6. The number of carboxylic acid groups (broad SMARTS) is 1. The number of phenolic OH excluding ortho intramolecular Hbond substituents is 2. The summed E-state index contributed by atoms with van der Waals surface area (Å²) in [7, 11) is 0. The second-order valence-electron chi connectivity index (χ2n) is 6.01. The van der Waals surface area contributed by atoms with Gasteiger partial charge in [-0.05, 0) is 55.3 Å². The zero-order valence-corrected chi connectivity index (χ0v) is 14.4. The molecule has 5 N–H and O–H groups in total. The van der Waals surface area contributed by atoms with Gasteiger partial charge >= 0.3 is 5.97 Å². The minimum absolute atomic E-state index is 0.110. The van der Waals surface area contributed by atoms with Crippen LogP contribution in [0.4, 0.5) is 0 Å². The van der Waals surface area contributed by atoms with Crippen molar-refractivity contribution in [1.82, 2.24) is 5.32 Å². The number of hydrogen-bond donors (Lipinski definition) is 5. The van der Waals surface area contributed by atoms with Gasteiger partial charge in [-0.25, -0.2) is 4.79 Å². The highest BCUT2D eigenvalue weighted by molar-refractivity contribution is 5.68. The van der Waals surface area contributed by atoms with Gasteiger partial charge < -0.3 is 30.5 Å². The Labute approximate surface area is 151 Å². The molecule has 7 nitrogen and oxygen atoms in total. The summed E-state index contributed by atoms with van der Waals surface area (Å²) in [5.74, 6) is -0.947. The topological polar surface area (TPSA) is 119 Å². The number of aliphatic hydroxyl groups is 1. The van der Waals surface area contributed by atoms with E-state index in [9.17, 15) is 20.1 Å². The number of phenols is 2. The third kappa shape index (κ3) is 5.65. The van der Waals surface area contributed by atoms with Crippen molar-refractivity contribution < 1.29 is 30.0 Å². The highest BCUT2D eigenvalue weighted by atomic mass is 16.5. The SMILES string of the molecule is CC(NCCc1ccc(OCC(=O)O)c(O)c1)C(O)c1ccc(O)cc1. The van der Waals surface area contributed by atoms with Crippen LogP contribution in [0.15, 0.2) is 42.5 Å². The lowest BCUT2D eigenvalue weighted by atomic mass is 10.0. The third-order valence-corrected chi connectivity index (χ3v) is 3.96. The van der Waals surface area contributed by atoms with Gasteiger partial charge in [0.25, 0.3) is 0 Å². The molecule has 7 heteroatoms. The Morgan fingerprint density at radius 3 is 2.46 bits per heavy atom. The summed E-state index contributed by atoms with van der Waals surface area (Å²) in [6, 6.07) is 11.0. The van der Waals surface area contributed by atoms with Crippen molar-refractivity contribution in [2.24, 2.45) is 0 Å². The van der Waals surface area contributed by atoms with Crippen LogP contribution in [0.5, 0.6) is 17.2 Å². The fourth-order valence-electron chi connectivity index (χ4n) is 2.50. The Morgan fingerprint density at radius 2 is 1.85 bits per heavy atom. The molecule has 2 unspecified atom stereocenters. The fourth-order valence-corrected chi connectivity index (χ4v) is 2.50. The van der Waals surface area contributed by atoms with E-state index in [1.165, 1.54) is 24.3 Å². The third-order valence-electron chi connectivity index (χ3n) is 3.96. The van der Waals surface area contributed by atoms with Crippen LogP contribution in [-0.2, 0) is 11.2 Å². The number of benzene rings is 2. The molecule has 0 radical (unpaired) electrons. The van der Waals surface area contributed by atoms with Crippen LogP contribution in [0.25, 0.3) is 0 Å². The summed E-state index contributed by atoms with van der Waals surface area (Å²) in [6.45, 7) is 1.92. The van der Waals surface area contributed by atoms with Crippen LogP contribution >= 0.6 is 0 Å². The Hall–Kier alpha value is -2.77. The quantitative estimate of drug-likeness (QED) is 0.462. The summed E-state index contributed by atoms with van der Waals surface area (Å²) >= 11 is 0. The van der Waals surface area contributed by atoms with Crippen LogP contribution in [-0.4, -0.2) is 45.6 Å². The molecule has 0 saturated heterocycles. The maximum atomic E-state index is 10.5. The second-order valence-corrected chi connectivity index (χ2v) is 6.01. The number of carbonyl (C=O) groups is 1. The molecule has 0 fully saturated rings. The van der Waals surface area contributed by atoms with Crippen LogP contribution in [0.3, 0.4) is 0 Å². The molecular weight excluding hydrogens is 338 g/mol. The lowest BCUT2D eigenvalue weighted by Gasteiger charge is -2.21. The number of carboxylic acids is 1. The summed E-state index contributed by atoms with van der Waals surface area (Å²) in [4.78, 5) is 10.5. The number of nitrogens with one attached hydrogen (secondary N) is 1. The maximum absolute atomic E-state index is 10.5.